The van der Waals surface area contributed by atoms with Gasteiger partial charge in [0.15, 0.2) is 11.5 Å². The average molecular weight is 633 g/mol. The molecule has 0 aromatic heterocycles. The number of rotatable bonds is 16. The lowest BCUT2D eigenvalue weighted by Crippen LogP contribution is -2.56. The molecule has 0 bridgehead atoms. The van der Waals surface area contributed by atoms with Gasteiger partial charge in [-0.1, -0.05) is 65.0 Å². The van der Waals surface area contributed by atoms with Crippen LogP contribution in [0.1, 0.15) is 53.0 Å². The molecule has 1 aliphatic rings. The first kappa shape index (κ1) is 35.3. The standard InChI is InChI=1S/C32H48N4O7S/c1-22(2)19-36(44(40,41)24-12-13-28-29(17-24)43-21-42-28)20-27(37)26(16-23-10-8-7-9-11-23)35-31(39)25(14-15-32(3,4)5)34-30(38)18-33-6/h7-13,17,22,25-27,33,37H,14-16,18-21H2,1-6H3,(H,34,38)(H,35,39)/t25-,26-,27+/m0/s1. The first-order chi connectivity index (χ1) is 20.7. The summed E-state index contributed by atoms with van der Waals surface area (Å²) in [4.78, 5) is 26.2. The third kappa shape index (κ3) is 10.5. The molecule has 2 amide bonds. The topological polar surface area (TPSA) is 146 Å². The van der Waals surface area contributed by atoms with E-state index in [4.69, 9.17) is 9.47 Å². The number of ether oxygens (including phenoxy) is 2. The van der Waals surface area contributed by atoms with Gasteiger partial charge in [0.25, 0.3) is 0 Å². The number of hydrogen-bond acceptors (Lipinski definition) is 8. The molecule has 0 radical (unpaired) electrons. The normalized spacial score (nSPS) is 15.2. The van der Waals surface area contributed by atoms with Crippen LogP contribution in [0.15, 0.2) is 53.4 Å². The number of likely N-dealkylation sites (N-methyl/N-ethyl adjacent to an activating group) is 1. The Balaban J connectivity index is 1.88. The fourth-order valence-corrected chi connectivity index (χ4v) is 6.52. The highest BCUT2D eigenvalue weighted by Gasteiger charge is 2.34. The fraction of sp³-hybridized carbons (Fsp3) is 0.562. The molecule has 12 heteroatoms. The first-order valence-electron chi connectivity index (χ1n) is 15.1. The Morgan fingerprint density at radius 2 is 1.68 bits per heavy atom. The Morgan fingerprint density at radius 1 is 1.00 bits per heavy atom. The summed E-state index contributed by atoms with van der Waals surface area (Å²) in [5, 5.41) is 20.2. The van der Waals surface area contributed by atoms with Crippen molar-refractivity contribution in [2.24, 2.45) is 11.3 Å². The van der Waals surface area contributed by atoms with E-state index < -0.39 is 34.1 Å². The van der Waals surface area contributed by atoms with Crippen LogP contribution in [0.2, 0.25) is 0 Å². The van der Waals surface area contributed by atoms with Crippen LogP contribution in [-0.4, -0.2) is 81.3 Å². The minimum Gasteiger partial charge on any atom is -0.454 e. The summed E-state index contributed by atoms with van der Waals surface area (Å²) in [6, 6.07) is 12.1. The Kier molecular flexibility index (Phi) is 12.6. The zero-order chi connectivity index (χ0) is 32.5. The molecule has 2 aromatic rings. The monoisotopic (exact) mass is 632 g/mol. The average Bonchev–Trinajstić information content (AvgIpc) is 3.42. The van der Waals surface area contributed by atoms with Gasteiger partial charge in [0.1, 0.15) is 6.04 Å². The molecule has 44 heavy (non-hydrogen) atoms. The van der Waals surface area contributed by atoms with Crippen LogP contribution >= 0.6 is 0 Å². The van der Waals surface area contributed by atoms with Gasteiger partial charge in [-0.05, 0) is 55.3 Å². The second-order valence-electron chi connectivity index (χ2n) is 12.9. The lowest BCUT2D eigenvalue weighted by atomic mass is 9.88. The van der Waals surface area contributed by atoms with E-state index in [1.54, 1.807) is 13.1 Å². The van der Waals surface area contributed by atoms with Crippen molar-refractivity contribution in [2.75, 3.05) is 33.5 Å². The molecule has 244 valence electrons. The summed E-state index contributed by atoms with van der Waals surface area (Å²) < 4.78 is 39.7. The third-order valence-electron chi connectivity index (χ3n) is 7.20. The molecule has 1 aliphatic heterocycles. The minimum absolute atomic E-state index is 0.0142. The third-order valence-corrected chi connectivity index (χ3v) is 9.03. The van der Waals surface area contributed by atoms with Crippen molar-refractivity contribution in [3.8, 4) is 11.5 Å². The molecule has 4 N–H and O–H groups in total. The molecule has 0 saturated heterocycles. The zero-order valence-corrected chi connectivity index (χ0v) is 27.4. The minimum atomic E-state index is -4.05. The van der Waals surface area contributed by atoms with E-state index in [1.807, 2.05) is 44.2 Å². The number of benzene rings is 2. The Labute approximate surface area is 261 Å². The molecule has 1 heterocycles. The van der Waals surface area contributed by atoms with Crippen LogP contribution in [0.5, 0.6) is 11.5 Å². The number of carbonyl (C=O) groups excluding carboxylic acids is 2. The quantitative estimate of drug-likeness (QED) is 0.221. The molecule has 0 fully saturated rings. The molecule has 3 atom stereocenters. The van der Waals surface area contributed by atoms with Gasteiger partial charge in [-0.15, -0.1) is 0 Å². The number of amides is 2. The van der Waals surface area contributed by atoms with Crippen molar-refractivity contribution in [3.63, 3.8) is 0 Å². The lowest BCUT2D eigenvalue weighted by Gasteiger charge is -2.32. The van der Waals surface area contributed by atoms with Crippen LogP contribution in [-0.2, 0) is 26.0 Å². The number of hydrogen-bond donors (Lipinski definition) is 4. The first-order valence-corrected chi connectivity index (χ1v) is 16.5. The summed E-state index contributed by atoms with van der Waals surface area (Å²) in [6.07, 6.45) is 0.0611. The summed E-state index contributed by atoms with van der Waals surface area (Å²) in [6.45, 7) is 9.92. The summed E-state index contributed by atoms with van der Waals surface area (Å²) in [7, 11) is -2.40. The van der Waals surface area contributed by atoms with Gasteiger partial charge >= 0.3 is 0 Å². The second-order valence-corrected chi connectivity index (χ2v) is 14.8. The van der Waals surface area contributed by atoms with E-state index in [1.165, 1.54) is 16.4 Å². The SMILES string of the molecule is CNCC(=O)N[C@@H](CCC(C)(C)C)C(=O)N[C@@H](Cc1ccccc1)[C@H](O)CN(CC(C)C)S(=O)(=O)c1ccc2c(c1)OCO2. The Hall–Kier alpha value is -3.19. The van der Waals surface area contributed by atoms with Gasteiger partial charge in [0.05, 0.1) is 23.6 Å². The van der Waals surface area contributed by atoms with E-state index in [0.717, 1.165) is 5.56 Å². The second kappa shape index (κ2) is 15.7. The zero-order valence-electron chi connectivity index (χ0n) is 26.6. The smallest absolute Gasteiger partial charge is 0.243 e. The van der Waals surface area contributed by atoms with E-state index in [-0.39, 0.29) is 55.0 Å². The molecule has 0 saturated carbocycles. The maximum atomic E-state index is 13.9. The molecule has 2 aromatic carbocycles. The van der Waals surface area contributed by atoms with Gasteiger partial charge in [0.2, 0.25) is 28.6 Å². The number of nitrogens with one attached hydrogen (secondary N) is 3. The van der Waals surface area contributed by atoms with Crippen molar-refractivity contribution >= 4 is 21.8 Å². The van der Waals surface area contributed by atoms with E-state index in [9.17, 15) is 23.1 Å². The molecule has 0 unspecified atom stereocenters. The molecule has 0 spiro atoms. The maximum Gasteiger partial charge on any atom is 0.243 e. The lowest BCUT2D eigenvalue weighted by molar-refractivity contribution is -0.129. The summed E-state index contributed by atoms with van der Waals surface area (Å²) in [5.41, 5.74) is 0.784. The van der Waals surface area contributed by atoms with Crippen molar-refractivity contribution < 1.29 is 32.6 Å². The van der Waals surface area contributed by atoms with Gasteiger partial charge in [-0.3, -0.25) is 9.59 Å². The van der Waals surface area contributed by atoms with E-state index in [2.05, 4.69) is 36.7 Å². The molecular formula is C32H48N4O7S. The van der Waals surface area contributed by atoms with Crippen molar-refractivity contribution in [2.45, 2.75) is 77.0 Å². The highest BCUT2D eigenvalue weighted by molar-refractivity contribution is 7.89. The largest absolute Gasteiger partial charge is 0.454 e. The van der Waals surface area contributed by atoms with Crippen LogP contribution in [0.4, 0.5) is 0 Å². The predicted molar refractivity (Wildman–Crippen MR) is 169 cm³/mol. The van der Waals surface area contributed by atoms with E-state index in [0.29, 0.717) is 24.3 Å². The Morgan fingerprint density at radius 3 is 2.32 bits per heavy atom. The maximum absolute atomic E-state index is 13.9. The van der Waals surface area contributed by atoms with Crippen LogP contribution in [0.25, 0.3) is 0 Å². The number of aliphatic hydroxyl groups excluding tert-OH is 1. The number of aliphatic hydroxyl groups is 1. The molecule has 0 aliphatic carbocycles. The van der Waals surface area contributed by atoms with Gasteiger partial charge in [-0.2, -0.15) is 4.31 Å². The highest BCUT2D eigenvalue weighted by atomic mass is 32.2. The highest BCUT2D eigenvalue weighted by Crippen LogP contribution is 2.35. The van der Waals surface area contributed by atoms with Gasteiger partial charge in [0, 0.05) is 19.2 Å². The number of carbonyl (C=O) groups is 2. The van der Waals surface area contributed by atoms with Crippen molar-refractivity contribution in [1.82, 2.24) is 20.3 Å². The van der Waals surface area contributed by atoms with Crippen LogP contribution in [0, 0.1) is 11.3 Å². The van der Waals surface area contributed by atoms with E-state index >= 15 is 0 Å². The van der Waals surface area contributed by atoms with Gasteiger partial charge in [-0.25, -0.2) is 8.42 Å². The van der Waals surface area contributed by atoms with Crippen molar-refractivity contribution in [1.29, 1.82) is 0 Å². The molecule has 11 nitrogen and oxygen atoms in total. The van der Waals surface area contributed by atoms with Crippen LogP contribution < -0.4 is 25.4 Å². The number of fused-ring (bicyclic) bond motifs is 1. The number of nitrogens with zero attached hydrogens (tertiary/aromatic N) is 1. The van der Waals surface area contributed by atoms with Crippen LogP contribution in [0.3, 0.4) is 0 Å². The van der Waals surface area contributed by atoms with Crippen molar-refractivity contribution in [3.05, 3.63) is 54.1 Å². The molecule has 3 rings (SSSR count). The Bertz CT molecular complexity index is 1350. The molecular weight excluding hydrogens is 584 g/mol. The fourth-order valence-electron chi connectivity index (χ4n) is 4.89. The number of sulfonamides is 1. The summed E-state index contributed by atoms with van der Waals surface area (Å²) >= 11 is 0. The van der Waals surface area contributed by atoms with Gasteiger partial charge < -0.3 is 30.5 Å². The summed E-state index contributed by atoms with van der Waals surface area (Å²) in [5.74, 6) is 0.00416. The predicted octanol–water partition coefficient (Wildman–Crippen LogP) is 2.68.